The predicted octanol–water partition coefficient (Wildman–Crippen LogP) is 4.16. The minimum Gasteiger partial charge on any atom is -0.232 e. The molecule has 0 saturated carbocycles. The lowest BCUT2D eigenvalue weighted by atomic mass is 9.92. The second kappa shape index (κ2) is 4.15. The second-order valence-corrected chi connectivity index (χ2v) is 5.96. The summed E-state index contributed by atoms with van der Waals surface area (Å²) in [6.45, 7) is 6.34. The molecule has 0 bridgehead atoms. The normalized spacial score (nSPS) is 11.8. The summed E-state index contributed by atoms with van der Waals surface area (Å²) in [5.74, 6) is 0.715. The third-order valence-electron chi connectivity index (χ3n) is 2.20. The summed E-state index contributed by atoms with van der Waals surface area (Å²) in [5.41, 5.74) is 0.953. The summed E-state index contributed by atoms with van der Waals surface area (Å²) < 4.78 is 0. The first-order chi connectivity index (χ1) is 7.47. The van der Waals surface area contributed by atoms with Gasteiger partial charge in [-0.1, -0.05) is 38.4 Å². The molecule has 0 amide bonds. The molecule has 2 aromatic rings. The first kappa shape index (κ1) is 11.6. The van der Waals surface area contributed by atoms with Crippen LogP contribution in [0.4, 0.5) is 0 Å². The molecule has 2 nitrogen and oxygen atoms in total. The number of nitrogens with zero attached hydrogens (tertiary/aromatic N) is 2. The van der Waals surface area contributed by atoms with E-state index in [2.05, 4.69) is 30.7 Å². The fourth-order valence-corrected chi connectivity index (χ4v) is 2.16. The molecule has 4 heteroatoms. The van der Waals surface area contributed by atoms with Gasteiger partial charge < -0.3 is 0 Å². The van der Waals surface area contributed by atoms with Crippen molar-refractivity contribution in [3.8, 4) is 10.7 Å². The van der Waals surface area contributed by atoms with E-state index in [9.17, 15) is 0 Å². The topological polar surface area (TPSA) is 25.8 Å². The minimum atomic E-state index is -0.0153. The molecule has 0 aliphatic carbocycles. The Hall–Kier alpha value is -0.930. The fourth-order valence-electron chi connectivity index (χ4n) is 1.32. The third kappa shape index (κ3) is 2.42. The molecule has 0 aliphatic heterocycles. The van der Waals surface area contributed by atoms with Gasteiger partial charge >= 0.3 is 0 Å². The quantitative estimate of drug-likeness (QED) is 0.713. The van der Waals surface area contributed by atoms with Crippen LogP contribution in [0.1, 0.15) is 26.5 Å². The highest BCUT2D eigenvalue weighted by atomic mass is 35.5. The van der Waals surface area contributed by atoms with E-state index in [1.807, 2.05) is 23.6 Å². The lowest BCUT2D eigenvalue weighted by molar-refractivity contribution is 0.568. The van der Waals surface area contributed by atoms with Crippen LogP contribution < -0.4 is 0 Å². The Morgan fingerprint density at radius 1 is 1.25 bits per heavy atom. The molecule has 2 aromatic heterocycles. The maximum Gasteiger partial charge on any atom is 0.171 e. The summed E-state index contributed by atoms with van der Waals surface area (Å²) in [4.78, 5) is 9.87. The van der Waals surface area contributed by atoms with Crippen molar-refractivity contribution in [2.45, 2.75) is 26.2 Å². The number of thiophene rings is 1. The molecule has 84 valence electrons. The van der Waals surface area contributed by atoms with Crippen LogP contribution >= 0.6 is 22.9 Å². The van der Waals surface area contributed by atoms with Crippen molar-refractivity contribution in [3.05, 3.63) is 34.4 Å². The maximum absolute atomic E-state index is 6.03. The van der Waals surface area contributed by atoms with Gasteiger partial charge in [-0.15, -0.1) is 11.3 Å². The van der Waals surface area contributed by atoms with Gasteiger partial charge in [0.1, 0.15) is 5.15 Å². The highest BCUT2D eigenvalue weighted by molar-refractivity contribution is 7.13. The van der Waals surface area contributed by atoms with E-state index in [1.54, 1.807) is 11.3 Å². The van der Waals surface area contributed by atoms with Crippen LogP contribution in [-0.2, 0) is 5.41 Å². The summed E-state index contributed by atoms with van der Waals surface area (Å²) in [7, 11) is 0. The van der Waals surface area contributed by atoms with E-state index in [0.29, 0.717) is 11.0 Å². The van der Waals surface area contributed by atoms with Crippen molar-refractivity contribution >= 4 is 22.9 Å². The van der Waals surface area contributed by atoms with E-state index in [4.69, 9.17) is 11.6 Å². The Kier molecular flexibility index (Phi) is 3.00. The first-order valence-electron chi connectivity index (χ1n) is 5.06. The van der Waals surface area contributed by atoms with Crippen LogP contribution in [0.15, 0.2) is 23.6 Å². The zero-order chi connectivity index (χ0) is 11.8. The SMILES string of the molecule is CC(C)(C)c1cc(Cl)nc(-c2cccs2)n1. The summed E-state index contributed by atoms with van der Waals surface area (Å²) >= 11 is 7.65. The van der Waals surface area contributed by atoms with E-state index < -0.39 is 0 Å². The van der Waals surface area contributed by atoms with Gasteiger partial charge in [-0.2, -0.15) is 0 Å². The number of hydrogen-bond donors (Lipinski definition) is 0. The lowest BCUT2D eigenvalue weighted by Crippen LogP contribution is -2.14. The van der Waals surface area contributed by atoms with Crippen molar-refractivity contribution in [1.82, 2.24) is 9.97 Å². The summed E-state index contributed by atoms with van der Waals surface area (Å²) in [6, 6.07) is 5.82. The Labute approximate surface area is 104 Å². The average Bonchev–Trinajstić information content (AvgIpc) is 2.68. The van der Waals surface area contributed by atoms with Crippen LogP contribution in [0, 0.1) is 0 Å². The van der Waals surface area contributed by atoms with E-state index in [1.165, 1.54) is 0 Å². The lowest BCUT2D eigenvalue weighted by Gasteiger charge is -2.18. The zero-order valence-electron chi connectivity index (χ0n) is 9.49. The molecule has 0 fully saturated rings. The van der Waals surface area contributed by atoms with E-state index in [0.717, 1.165) is 10.6 Å². The van der Waals surface area contributed by atoms with Crippen molar-refractivity contribution in [2.24, 2.45) is 0 Å². The Balaban J connectivity index is 2.53. The number of hydrogen-bond acceptors (Lipinski definition) is 3. The highest BCUT2D eigenvalue weighted by Crippen LogP contribution is 2.27. The maximum atomic E-state index is 6.03. The zero-order valence-corrected chi connectivity index (χ0v) is 11.1. The predicted molar refractivity (Wildman–Crippen MR) is 69.1 cm³/mol. The standard InChI is InChI=1S/C12H13ClN2S/c1-12(2,3)9-7-10(13)15-11(14-9)8-5-4-6-16-8/h4-7H,1-3H3. The monoisotopic (exact) mass is 252 g/mol. The number of rotatable bonds is 1. The van der Waals surface area contributed by atoms with Gasteiger partial charge in [0.2, 0.25) is 0 Å². The van der Waals surface area contributed by atoms with Gasteiger partial charge in [-0.25, -0.2) is 9.97 Å². The van der Waals surface area contributed by atoms with Crippen LogP contribution in [0.2, 0.25) is 5.15 Å². The second-order valence-electron chi connectivity index (χ2n) is 4.63. The summed E-state index contributed by atoms with van der Waals surface area (Å²) in [6.07, 6.45) is 0. The molecule has 0 aromatic carbocycles. The molecular formula is C12H13ClN2S. The van der Waals surface area contributed by atoms with E-state index in [-0.39, 0.29) is 5.41 Å². The van der Waals surface area contributed by atoms with Crippen molar-refractivity contribution in [2.75, 3.05) is 0 Å². The Morgan fingerprint density at radius 3 is 2.56 bits per heavy atom. The molecule has 2 heterocycles. The first-order valence-corrected chi connectivity index (χ1v) is 6.31. The van der Waals surface area contributed by atoms with Crippen molar-refractivity contribution < 1.29 is 0 Å². The third-order valence-corrected chi connectivity index (χ3v) is 3.26. The average molecular weight is 253 g/mol. The van der Waals surface area contributed by atoms with Crippen LogP contribution in [0.3, 0.4) is 0 Å². The van der Waals surface area contributed by atoms with Crippen LogP contribution in [0.25, 0.3) is 10.7 Å². The van der Waals surface area contributed by atoms with Crippen LogP contribution in [-0.4, -0.2) is 9.97 Å². The molecule has 0 radical (unpaired) electrons. The van der Waals surface area contributed by atoms with E-state index >= 15 is 0 Å². The molecular weight excluding hydrogens is 240 g/mol. The van der Waals surface area contributed by atoms with Gasteiger partial charge in [0.05, 0.1) is 10.6 Å². The van der Waals surface area contributed by atoms with Gasteiger partial charge in [0.15, 0.2) is 5.82 Å². The Morgan fingerprint density at radius 2 is 2.00 bits per heavy atom. The molecule has 0 unspecified atom stereocenters. The molecule has 0 aliphatic rings. The Bertz CT molecular complexity index is 486. The van der Waals surface area contributed by atoms with Crippen molar-refractivity contribution in [1.29, 1.82) is 0 Å². The molecule has 0 saturated heterocycles. The molecule has 16 heavy (non-hydrogen) atoms. The van der Waals surface area contributed by atoms with Gasteiger partial charge in [-0.05, 0) is 17.5 Å². The van der Waals surface area contributed by atoms with Crippen molar-refractivity contribution in [3.63, 3.8) is 0 Å². The number of aromatic nitrogens is 2. The molecule has 0 atom stereocenters. The largest absolute Gasteiger partial charge is 0.232 e. The summed E-state index contributed by atoms with van der Waals surface area (Å²) in [5, 5.41) is 2.51. The highest BCUT2D eigenvalue weighted by Gasteiger charge is 2.18. The number of halogens is 1. The van der Waals surface area contributed by atoms with Crippen LogP contribution in [0.5, 0.6) is 0 Å². The fraction of sp³-hybridized carbons (Fsp3) is 0.333. The van der Waals surface area contributed by atoms with Gasteiger partial charge in [-0.3, -0.25) is 0 Å². The van der Waals surface area contributed by atoms with Gasteiger partial charge in [0.25, 0.3) is 0 Å². The smallest absolute Gasteiger partial charge is 0.171 e. The van der Waals surface area contributed by atoms with Gasteiger partial charge in [0, 0.05) is 5.41 Å². The molecule has 0 N–H and O–H groups in total. The molecule has 0 spiro atoms. The molecule has 2 rings (SSSR count). The minimum absolute atomic E-state index is 0.0153.